The molecule has 0 radical (unpaired) electrons. The Morgan fingerprint density at radius 3 is 2.42 bits per heavy atom. The van der Waals surface area contributed by atoms with Crippen LogP contribution in [0.1, 0.15) is 12.8 Å². The molecule has 3 N–H and O–H groups in total. The summed E-state index contributed by atoms with van der Waals surface area (Å²) in [4.78, 5) is 23.5. The number of ether oxygens (including phenoxy) is 1. The Bertz CT molecular complexity index is 807. The predicted molar refractivity (Wildman–Crippen MR) is 102 cm³/mol. The lowest BCUT2D eigenvalue weighted by atomic mass is 10.1. The first-order chi connectivity index (χ1) is 12.6. The van der Waals surface area contributed by atoms with Crippen LogP contribution in [0.15, 0.2) is 54.6 Å². The van der Waals surface area contributed by atoms with Crippen molar-refractivity contribution >= 4 is 29.1 Å². The van der Waals surface area contributed by atoms with Crippen molar-refractivity contribution in [2.45, 2.75) is 12.8 Å². The lowest BCUT2D eigenvalue weighted by molar-refractivity contribution is -0.124. The zero-order valence-electron chi connectivity index (χ0n) is 14.0. The smallest absolute Gasteiger partial charge is 0.276 e. The quantitative estimate of drug-likeness (QED) is 0.556. The largest absolute Gasteiger partial charge is 0.483 e. The van der Waals surface area contributed by atoms with E-state index in [4.69, 9.17) is 17.0 Å². The van der Waals surface area contributed by atoms with Crippen molar-refractivity contribution in [2.75, 3.05) is 6.61 Å². The van der Waals surface area contributed by atoms with E-state index < -0.39 is 5.91 Å². The minimum Gasteiger partial charge on any atom is -0.483 e. The first kappa shape index (κ1) is 17.9. The van der Waals surface area contributed by atoms with E-state index >= 15 is 0 Å². The molecule has 0 unspecified atom stereocenters. The second-order valence-corrected chi connectivity index (χ2v) is 6.32. The van der Waals surface area contributed by atoms with Gasteiger partial charge in [0.15, 0.2) is 11.7 Å². The van der Waals surface area contributed by atoms with Gasteiger partial charge in [0.25, 0.3) is 5.91 Å². The number of hydrazine groups is 1. The van der Waals surface area contributed by atoms with Gasteiger partial charge in [-0.1, -0.05) is 48.5 Å². The highest BCUT2D eigenvalue weighted by atomic mass is 32.1. The van der Waals surface area contributed by atoms with Crippen molar-refractivity contribution in [2.24, 2.45) is 5.92 Å². The van der Waals surface area contributed by atoms with Crippen LogP contribution in [0.2, 0.25) is 0 Å². The Hall–Kier alpha value is -2.93. The molecule has 134 valence electrons. The summed E-state index contributed by atoms with van der Waals surface area (Å²) in [7, 11) is 0. The number of nitrogens with one attached hydrogen (secondary N) is 3. The first-order valence-corrected chi connectivity index (χ1v) is 8.71. The van der Waals surface area contributed by atoms with Gasteiger partial charge in [-0.2, -0.15) is 0 Å². The van der Waals surface area contributed by atoms with Crippen molar-refractivity contribution in [3.63, 3.8) is 0 Å². The molecule has 0 aliphatic heterocycles. The number of rotatable bonds is 5. The Morgan fingerprint density at radius 1 is 1.00 bits per heavy atom. The number of hydrogen-bond donors (Lipinski definition) is 3. The van der Waals surface area contributed by atoms with Crippen molar-refractivity contribution in [3.8, 4) is 16.9 Å². The number of thiocarbonyl (C=S) groups is 1. The van der Waals surface area contributed by atoms with Gasteiger partial charge in [0, 0.05) is 11.5 Å². The summed E-state index contributed by atoms with van der Waals surface area (Å²) in [6.45, 7) is -0.184. The van der Waals surface area contributed by atoms with E-state index in [1.807, 2.05) is 54.6 Å². The molecule has 2 aromatic rings. The number of benzene rings is 2. The van der Waals surface area contributed by atoms with Gasteiger partial charge >= 0.3 is 0 Å². The van der Waals surface area contributed by atoms with Gasteiger partial charge in [-0.15, -0.1) is 0 Å². The topological polar surface area (TPSA) is 79.5 Å². The maximum absolute atomic E-state index is 11.9. The molecule has 0 spiro atoms. The van der Waals surface area contributed by atoms with E-state index in [1.54, 1.807) is 0 Å². The van der Waals surface area contributed by atoms with Gasteiger partial charge in [0.1, 0.15) is 5.75 Å². The van der Waals surface area contributed by atoms with Crippen LogP contribution >= 0.6 is 12.2 Å². The van der Waals surface area contributed by atoms with E-state index in [1.165, 1.54) is 0 Å². The van der Waals surface area contributed by atoms with Crippen LogP contribution in [0.25, 0.3) is 11.1 Å². The van der Waals surface area contributed by atoms with Gasteiger partial charge in [-0.05, 0) is 36.7 Å². The fraction of sp³-hybridized carbons (Fsp3) is 0.211. The molecule has 0 bridgehead atoms. The van der Waals surface area contributed by atoms with E-state index in [0.717, 1.165) is 24.0 Å². The van der Waals surface area contributed by atoms with Crippen molar-refractivity contribution in [1.29, 1.82) is 0 Å². The highest BCUT2D eigenvalue weighted by Crippen LogP contribution is 2.29. The Morgan fingerprint density at radius 2 is 1.69 bits per heavy atom. The molecule has 1 saturated carbocycles. The van der Waals surface area contributed by atoms with E-state index in [0.29, 0.717) is 5.75 Å². The fourth-order valence-electron chi connectivity index (χ4n) is 2.35. The predicted octanol–water partition coefficient (Wildman–Crippen LogP) is 2.16. The molecule has 2 aromatic carbocycles. The monoisotopic (exact) mass is 369 g/mol. The molecule has 0 aromatic heterocycles. The van der Waals surface area contributed by atoms with E-state index in [9.17, 15) is 9.59 Å². The standard InChI is InChI=1S/C19H19N3O3S/c23-17(21-22-19(26)20-18(24)14-10-11-14)12-25-16-9-5-4-8-15(16)13-6-2-1-3-7-13/h1-9,14H,10-12H2,(H,21,23)(H2,20,22,24,26). The summed E-state index contributed by atoms with van der Waals surface area (Å²) in [5.41, 5.74) is 6.81. The molecule has 7 heteroatoms. The van der Waals surface area contributed by atoms with Gasteiger partial charge < -0.3 is 10.1 Å². The molecule has 0 saturated heterocycles. The SMILES string of the molecule is O=C(COc1ccccc1-c1ccccc1)NNC(=S)NC(=O)C1CC1. The first-order valence-electron chi connectivity index (χ1n) is 8.30. The molecule has 1 fully saturated rings. The maximum atomic E-state index is 11.9. The Balaban J connectivity index is 1.49. The van der Waals surface area contributed by atoms with Crippen molar-refractivity contribution in [3.05, 3.63) is 54.6 Å². The van der Waals surface area contributed by atoms with Crippen LogP contribution in [0.4, 0.5) is 0 Å². The molecule has 1 aliphatic carbocycles. The van der Waals surface area contributed by atoms with Crippen molar-refractivity contribution < 1.29 is 14.3 Å². The minimum absolute atomic E-state index is 0.0447. The summed E-state index contributed by atoms with van der Waals surface area (Å²) in [5.74, 6) is 0.127. The molecule has 0 heterocycles. The third-order valence-electron chi connectivity index (χ3n) is 3.83. The van der Waals surface area contributed by atoms with Crippen LogP contribution in [0, 0.1) is 5.92 Å². The van der Waals surface area contributed by atoms with Crippen LogP contribution < -0.4 is 20.9 Å². The average molecular weight is 369 g/mol. The van der Waals surface area contributed by atoms with Crippen LogP contribution in [-0.2, 0) is 9.59 Å². The maximum Gasteiger partial charge on any atom is 0.276 e. The average Bonchev–Trinajstić information content (AvgIpc) is 3.51. The summed E-state index contributed by atoms with van der Waals surface area (Å²) in [5, 5.41) is 2.60. The zero-order chi connectivity index (χ0) is 18.4. The molecule has 2 amide bonds. The normalized spacial score (nSPS) is 12.8. The van der Waals surface area contributed by atoms with Gasteiger partial charge in [0.05, 0.1) is 0 Å². The van der Waals surface area contributed by atoms with Crippen LogP contribution in [0.5, 0.6) is 5.75 Å². The van der Waals surface area contributed by atoms with Crippen LogP contribution in [0.3, 0.4) is 0 Å². The second kappa shape index (κ2) is 8.44. The van der Waals surface area contributed by atoms with Gasteiger partial charge in [0.2, 0.25) is 5.91 Å². The van der Waals surface area contributed by atoms with Crippen molar-refractivity contribution in [1.82, 2.24) is 16.2 Å². The number of para-hydroxylation sites is 1. The molecule has 1 aliphatic rings. The number of carbonyl (C=O) groups is 2. The molecule has 26 heavy (non-hydrogen) atoms. The molecular formula is C19H19N3O3S. The lowest BCUT2D eigenvalue weighted by Gasteiger charge is -2.13. The molecular weight excluding hydrogens is 350 g/mol. The highest BCUT2D eigenvalue weighted by Gasteiger charge is 2.30. The summed E-state index contributed by atoms with van der Waals surface area (Å²) >= 11 is 4.96. The number of amides is 2. The van der Waals surface area contributed by atoms with E-state index in [-0.39, 0.29) is 23.5 Å². The number of carbonyl (C=O) groups excluding carboxylic acids is 2. The Labute approximate surface area is 156 Å². The van der Waals surface area contributed by atoms with E-state index in [2.05, 4.69) is 16.2 Å². The molecule has 3 rings (SSSR count). The summed E-state index contributed by atoms with van der Waals surface area (Å²) in [6.07, 6.45) is 1.77. The lowest BCUT2D eigenvalue weighted by Crippen LogP contribution is -2.50. The fourth-order valence-corrected chi connectivity index (χ4v) is 2.50. The zero-order valence-corrected chi connectivity index (χ0v) is 14.8. The summed E-state index contributed by atoms with van der Waals surface area (Å²) < 4.78 is 5.63. The van der Waals surface area contributed by atoms with Gasteiger partial charge in [-0.25, -0.2) is 0 Å². The Kier molecular flexibility index (Phi) is 5.80. The minimum atomic E-state index is -0.407. The second-order valence-electron chi connectivity index (χ2n) is 5.92. The number of hydrogen-bond acceptors (Lipinski definition) is 4. The molecule has 6 nitrogen and oxygen atoms in total. The third kappa shape index (κ3) is 5.03. The van der Waals surface area contributed by atoms with Gasteiger partial charge in [-0.3, -0.25) is 20.4 Å². The summed E-state index contributed by atoms with van der Waals surface area (Å²) in [6, 6.07) is 17.3. The third-order valence-corrected chi connectivity index (χ3v) is 4.04. The highest BCUT2D eigenvalue weighted by molar-refractivity contribution is 7.80. The van der Waals surface area contributed by atoms with Crippen LogP contribution in [-0.4, -0.2) is 23.5 Å². The molecule has 0 atom stereocenters.